The van der Waals surface area contributed by atoms with Crippen LogP contribution in [-0.4, -0.2) is 57.3 Å². The summed E-state index contributed by atoms with van der Waals surface area (Å²) in [4.78, 5) is 8.36. The van der Waals surface area contributed by atoms with Crippen LogP contribution >= 0.6 is 11.3 Å². The first-order valence-corrected chi connectivity index (χ1v) is 9.96. The number of aliphatic imine (C=N–C) groups is 1. The molecule has 1 unspecified atom stereocenters. The highest BCUT2D eigenvalue weighted by atomic mass is 32.1. The van der Waals surface area contributed by atoms with Gasteiger partial charge in [0.05, 0.1) is 0 Å². The van der Waals surface area contributed by atoms with E-state index in [1.165, 1.54) is 30.8 Å². The van der Waals surface area contributed by atoms with Gasteiger partial charge < -0.3 is 15.4 Å². The molecular formula is C18H32N4OS. The lowest BCUT2D eigenvalue weighted by atomic mass is 9.98. The second-order valence-corrected chi connectivity index (χ2v) is 7.29. The second-order valence-electron chi connectivity index (χ2n) is 6.25. The molecule has 0 aliphatic carbocycles. The highest BCUT2D eigenvalue weighted by Crippen LogP contribution is 2.19. The number of thiophene rings is 1. The zero-order chi connectivity index (χ0) is 17.0. The van der Waals surface area contributed by atoms with Crippen molar-refractivity contribution in [2.24, 2.45) is 10.9 Å². The lowest BCUT2D eigenvalue weighted by molar-refractivity contribution is 0.145. The summed E-state index contributed by atoms with van der Waals surface area (Å²) >= 11 is 1.86. The number of ether oxygens (including phenoxy) is 1. The van der Waals surface area contributed by atoms with Gasteiger partial charge in [-0.1, -0.05) is 6.07 Å². The quantitative estimate of drug-likeness (QED) is 0.407. The number of nitrogens with zero attached hydrogens (tertiary/aromatic N) is 2. The Hall–Kier alpha value is -1.11. The minimum atomic E-state index is 0.695. The Kier molecular flexibility index (Phi) is 9.16. The number of hydrogen-bond acceptors (Lipinski definition) is 4. The van der Waals surface area contributed by atoms with Gasteiger partial charge in [0.2, 0.25) is 0 Å². The summed E-state index contributed by atoms with van der Waals surface area (Å²) in [7, 11) is 1.84. The molecule has 1 aromatic heterocycles. The smallest absolute Gasteiger partial charge is 0.190 e. The van der Waals surface area contributed by atoms with Crippen molar-refractivity contribution in [1.29, 1.82) is 0 Å². The van der Waals surface area contributed by atoms with Crippen molar-refractivity contribution in [3.05, 3.63) is 22.4 Å². The average Bonchev–Trinajstić information content (AvgIpc) is 3.11. The van der Waals surface area contributed by atoms with Gasteiger partial charge in [0.1, 0.15) is 0 Å². The van der Waals surface area contributed by atoms with Gasteiger partial charge in [-0.05, 0) is 50.1 Å². The first kappa shape index (κ1) is 19.2. The van der Waals surface area contributed by atoms with Gasteiger partial charge in [-0.3, -0.25) is 9.89 Å². The maximum Gasteiger partial charge on any atom is 0.190 e. The predicted octanol–water partition coefficient (Wildman–Crippen LogP) is 2.55. The fourth-order valence-corrected chi connectivity index (χ4v) is 3.82. The second kappa shape index (κ2) is 11.4. The number of rotatable bonds is 9. The third-order valence-corrected chi connectivity index (χ3v) is 5.17. The largest absolute Gasteiger partial charge is 0.382 e. The van der Waals surface area contributed by atoms with E-state index in [1.807, 2.05) is 25.3 Å². The predicted molar refractivity (Wildman–Crippen MR) is 103 cm³/mol. The van der Waals surface area contributed by atoms with E-state index in [0.717, 1.165) is 45.2 Å². The summed E-state index contributed by atoms with van der Waals surface area (Å²) in [5, 5.41) is 9.01. The molecule has 6 heteroatoms. The maximum atomic E-state index is 5.35. The summed E-state index contributed by atoms with van der Waals surface area (Å²) in [5.41, 5.74) is 0. The standard InChI is InChI=1S/C18H32N4OS/c1-3-23-11-6-9-20-18(19-2)21-13-16-7-4-10-22(14-16)15-17-8-5-12-24-17/h5,8,12,16H,3-4,6-7,9-11,13-15H2,1-2H3,(H2,19,20,21). The molecule has 0 bridgehead atoms. The van der Waals surface area contributed by atoms with E-state index in [-0.39, 0.29) is 0 Å². The summed E-state index contributed by atoms with van der Waals surface area (Å²) in [6.07, 6.45) is 3.60. The monoisotopic (exact) mass is 352 g/mol. The van der Waals surface area contributed by atoms with Crippen molar-refractivity contribution < 1.29 is 4.74 Å². The van der Waals surface area contributed by atoms with E-state index in [9.17, 15) is 0 Å². The van der Waals surface area contributed by atoms with Gasteiger partial charge in [-0.15, -0.1) is 11.3 Å². The van der Waals surface area contributed by atoms with Crippen LogP contribution in [0.2, 0.25) is 0 Å². The minimum absolute atomic E-state index is 0.695. The van der Waals surface area contributed by atoms with Crippen molar-refractivity contribution in [2.45, 2.75) is 32.7 Å². The molecule has 1 aromatic rings. The average molecular weight is 353 g/mol. The first-order valence-electron chi connectivity index (χ1n) is 9.08. The molecule has 0 amide bonds. The lowest BCUT2D eigenvalue weighted by Gasteiger charge is -2.32. The van der Waals surface area contributed by atoms with Gasteiger partial charge >= 0.3 is 0 Å². The van der Waals surface area contributed by atoms with Crippen LogP contribution in [0.15, 0.2) is 22.5 Å². The highest BCUT2D eigenvalue weighted by Gasteiger charge is 2.20. The van der Waals surface area contributed by atoms with Crippen LogP contribution in [0.3, 0.4) is 0 Å². The third-order valence-electron chi connectivity index (χ3n) is 4.31. The van der Waals surface area contributed by atoms with Gasteiger partial charge in [-0.25, -0.2) is 0 Å². The molecule has 1 aliphatic heterocycles. The minimum Gasteiger partial charge on any atom is -0.382 e. The van der Waals surface area contributed by atoms with Crippen LogP contribution in [-0.2, 0) is 11.3 Å². The Balaban J connectivity index is 1.64. The Morgan fingerprint density at radius 2 is 2.38 bits per heavy atom. The normalized spacial score (nSPS) is 19.4. The molecule has 0 radical (unpaired) electrons. The molecule has 1 fully saturated rings. The zero-order valence-corrected chi connectivity index (χ0v) is 15.9. The molecule has 5 nitrogen and oxygen atoms in total. The third kappa shape index (κ3) is 7.20. The summed E-state index contributed by atoms with van der Waals surface area (Å²) < 4.78 is 5.35. The number of piperidine rings is 1. The molecule has 1 saturated heterocycles. The molecular weight excluding hydrogens is 320 g/mol. The van der Waals surface area contributed by atoms with E-state index >= 15 is 0 Å². The number of guanidine groups is 1. The molecule has 1 aliphatic rings. The van der Waals surface area contributed by atoms with Crippen molar-refractivity contribution in [3.8, 4) is 0 Å². The van der Waals surface area contributed by atoms with Gasteiger partial charge in [0.15, 0.2) is 5.96 Å². The Labute approximate surface area is 150 Å². The van der Waals surface area contributed by atoms with Crippen molar-refractivity contribution >= 4 is 17.3 Å². The Bertz CT molecular complexity index is 464. The number of likely N-dealkylation sites (tertiary alicyclic amines) is 1. The van der Waals surface area contributed by atoms with E-state index in [0.29, 0.717) is 5.92 Å². The van der Waals surface area contributed by atoms with Crippen molar-refractivity contribution in [1.82, 2.24) is 15.5 Å². The maximum absolute atomic E-state index is 5.35. The van der Waals surface area contributed by atoms with E-state index in [4.69, 9.17) is 4.74 Å². The van der Waals surface area contributed by atoms with Crippen LogP contribution in [0, 0.1) is 5.92 Å². The van der Waals surface area contributed by atoms with Gasteiger partial charge in [0.25, 0.3) is 0 Å². The molecule has 136 valence electrons. The number of nitrogens with one attached hydrogen (secondary N) is 2. The van der Waals surface area contributed by atoms with Crippen LogP contribution in [0.5, 0.6) is 0 Å². The molecule has 2 rings (SSSR count). The van der Waals surface area contributed by atoms with Gasteiger partial charge in [0, 0.05) is 51.3 Å². The van der Waals surface area contributed by atoms with Crippen molar-refractivity contribution in [3.63, 3.8) is 0 Å². The molecule has 0 aromatic carbocycles. The van der Waals surface area contributed by atoms with Gasteiger partial charge in [-0.2, -0.15) is 0 Å². The SMILES string of the molecule is CCOCCCNC(=NC)NCC1CCCN(Cc2cccs2)C1. The van der Waals surface area contributed by atoms with Crippen LogP contribution in [0.25, 0.3) is 0 Å². The molecule has 24 heavy (non-hydrogen) atoms. The first-order chi connectivity index (χ1) is 11.8. The Morgan fingerprint density at radius 1 is 1.46 bits per heavy atom. The van der Waals surface area contributed by atoms with E-state index < -0.39 is 0 Å². The molecule has 0 saturated carbocycles. The Morgan fingerprint density at radius 3 is 3.12 bits per heavy atom. The van der Waals surface area contributed by atoms with E-state index in [1.54, 1.807) is 0 Å². The lowest BCUT2D eigenvalue weighted by Crippen LogP contribution is -2.44. The highest BCUT2D eigenvalue weighted by molar-refractivity contribution is 7.09. The number of hydrogen-bond donors (Lipinski definition) is 2. The van der Waals surface area contributed by atoms with E-state index in [2.05, 4.69) is 38.0 Å². The fraction of sp³-hybridized carbons (Fsp3) is 0.722. The van der Waals surface area contributed by atoms with Crippen molar-refractivity contribution in [2.75, 3.05) is 46.4 Å². The molecule has 0 spiro atoms. The van der Waals surface area contributed by atoms with Crippen LogP contribution in [0.1, 0.15) is 31.1 Å². The summed E-state index contributed by atoms with van der Waals surface area (Å²) in [6.45, 7) is 9.00. The van der Waals surface area contributed by atoms with Crippen LogP contribution < -0.4 is 10.6 Å². The zero-order valence-electron chi connectivity index (χ0n) is 15.1. The van der Waals surface area contributed by atoms with Crippen LogP contribution in [0.4, 0.5) is 0 Å². The molecule has 2 N–H and O–H groups in total. The topological polar surface area (TPSA) is 48.9 Å². The summed E-state index contributed by atoms with van der Waals surface area (Å²) in [6, 6.07) is 4.38. The molecule has 1 atom stereocenters. The summed E-state index contributed by atoms with van der Waals surface area (Å²) in [5.74, 6) is 1.60. The molecule has 2 heterocycles. The fourth-order valence-electron chi connectivity index (χ4n) is 3.07.